The second-order valence-corrected chi connectivity index (χ2v) is 3.77. The highest BCUT2D eigenvalue weighted by Crippen LogP contribution is 2.23. The fourth-order valence-corrected chi connectivity index (χ4v) is 1.48. The molecule has 1 heterocycles. The lowest BCUT2D eigenvalue weighted by atomic mass is 10.1. The smallest absolute Gasteiger partial charge is 0.260 e. The Bertz CT molecular complexity index is 578. The van der Waals surface area contributed by atoms with Crippen molar-refractivity contribution in [3.8, 4) is 11.5 Å². The van der Waals surface area contributed by atoms with E-state index in [1.54, 1.807) is 12.3 Å². The summed E-state index contributed by atoms with van der Waals surface area (Å²) in [6.07, 6.45) is 1.60. The third kappa shape index (κ3) is 2.27. The molecule has 1 amide bonds. The van der Waals surface area contributed by atoms with Crippen molar-refractivity contribution >= 4 is 11.7 Å². The van der Waals surface area contributed by atoms with Crippen LogP contribution in [0.2, 0.25) is 0 Å². The number of rotatable bonds is 3. The number of aromatic amines is 1. The molecule has 0 spiro atoms. The molecule has 18 heavy (non-hydrogen) atoms. The lowest BCUT2D eigenvalue weighted by molar-refractivity contribution is 0.102. The number of aryl methyl sites for hydroxylation is 1. The lowest BCUT2D eigenvalue weighted by Crippen LogP contribution is -2.13. The maximum Gasteiger partial charge on any atom is 0.260 e. The number of hydrogen-bond acceptors (Lipinski definition) is 4. The summed E-state index contributed by atoms with van der Waals surface area (Å²) in [7, 11) is 1.49. The van der Waals surface area contributed by atoms with Crippen LogP contribution in [0.1, 0.15) is 15.9 Å². The molecule has 1 aromatic carbocycles. The van der Waals surface area contributed by atoms with E-state index in [2.05, 4.69) is 15.5 Å². The quantitative estimate of drug-likeness (QED) is 0.770. The molecule has 0 aliphatic heterocycles. The first-order valence-corrected chi connectivity index (χ1v) is 5.30. The zero-order valence-electron chi connectivity index (χ0n) is 10.0. The standard InChI is InChI=1S/C12H13N3O3/c1-7-6-13-15-11(7)14-12(17)9-5-8(18-2)3-4-10(9)16/h3-6,16H,1-2H3,(H2,13,14,15,17). The van der Waals surface area contributed by atoms with Gasteiger partial charge in [0.2, 0.25) is 0 Å². The fraction of sp³-hybridized carbons (Fsp3) is 0.167. The van der Waals surface area contributed by atoms with Crippen molar-refractivity contribution in [3.05, 3.63) is 35.5 Å². The Labute approximate surface area is 104 Å². The number of methoxy groups -OCH3 is 1. The first-order chi connectivity index (χ1) is 8.61. The van der Waals surface area contributed by atoms with Crippen LogP contribution in [0.25, 0.3) is 0 Å². The number of aromatic hydroxyl groups is 1. The third-order valence-electron chi connectivity index (χ3n) is 2.52. The van der Waals surface area contributed by atoms with Gasteiger partial charge in [-0.05, 0) is 25.1 Å². The molecule has 0 aliphatic rings. The Morgan fingerprint density at radius 3 is 2.89 bits per heavy atom. The van der Waals surface area contributed by atoms with Crippen LogP contribution in [0, 0.1) is 6.92 Å². The Balaban J connectivity index is 2.26. The minimum atomic E-state index is -0.432. The SMILES string of the molecule is COc1ccc(O)c(C(=O)Nc2[nH]ncc2C)c1. The highest BCUT2D eigenvalue weighted by Gasteiger charge is 2.14. The maximum atomic E-state index is 12.0. The fourth-order valence-electron chi connectivity index (χ4n) is 1.48. The molecule has 0 saturated carbocycles. The molecule has 94 valence electrons. The molecule has 0 saturated heterocycles. The zero-order chi connectivity index (χ0) is 13.1. The maximum absolute atomic E-state index is 12.0. The molecular weight excluding hydrogens is 234 g/mol. The predicted molar refractivity (Wildman–Crippen MR) is 65.9 cm³/mol. The van der Waals surface area contributed by atoms with E-state index in [1.807, 2.05) is 6.92 Å². The number of ether oxygens (including phenoxy) is 1. The van der Waals surface area contributed by atoms with Gasteiger partial charge in [-0.25, -0.2) is 0 Å². The summed E-state index contributed by atoms with van der Waals surface area (Å²) in [5.74, 6) is 0.464. The Hall–Kier alpha value is -2.50. The Kier molecular flexibility index (Phi) is 3.18. The predicted octanol–water partition coefficient (Wildman–Crippen LogP) is 1.68. The number of H-pyrrole nitrogens is 1. The number of carbonyl (C=O) groups excluding carboxylic acids is 1. The van der Waals surface area contributed by atoms with E-state index in [1.165, 1.54) is 19.2 Å². The van der Waals surface area contributed by atoms with E-state index >= 15 is 0 Å². The molecule has 0 aliphatic carbocycles. The highest BCUT2D eigenvalue weighted by molar-refractivity contribution is 6.06. The van der Waals surface area contributed by atoms with Gasteiger partial charge in [-0.2, -0.15) is 5.10 Å². The summed E-state index contributed by atoms with van der Waals surface area (Å²) in [6, 6.07) is 4.46. The van der Waals surface area contributed by atoms with E-state index < -0.39 is 5.91 Å². The van der Waals surface area contributed by atoms with Gasteiger partial charge in [-0.1, -0.05) is 0 Å². The van der Waals surface area contributed by atoms with Crippen molar-refractivity contribution in [1.29, 1.82) is 0 Å². The van der Waals surface area contributed by atoms with E-state index in [0.29, 0.717) is 11.6 Å². The van der Waals surface area contributed by atoms with Crippen molar-refractivity contribution in [2.45, 2.75) is 6.92 Å². The summed E-state index contributed by atoms with van der Waals surface area (Å²) < 4.78 is 5.01. The Morgan fingerprint density at radius 2 is 2.28 bits per heavy atom. The molecule has 2 aromatic rings. The molecule has 0 atom stereocenters. The number of carbonyl (C=O) groups is 1. The van der Waals surface area contributed by atoms with Crippen LogP contribution < -0.4 is 10.1 Å². The van der Waals surface area contributed by atoms with E-state index in [-0.39, 0.29) is 11.3 Å². The molecule has 0 bridgehead atoms. The van der Waals surface area contributed by atoms with Gasteiger partial charge < -0.3 is 15.2 Å². The number of nitrogens with one attached hydrogen (secondary N) is 2. The number of phenols is 1. The third-order valence-corrected chi connectivity index (χ3v) is 2.52. The van der Waals surface area contributed by atoms with Gasteiger partial charge >= 0.3 is 0 Å². The van der Waals surface area contributed by atoms with Gasteiger partial charge in [0.25, 0.3) is 5.91 Å². The second-order valence-electron chi connectivity index (χ2n) is 3.77. The molecule has 0 radical (unpaired) electrons. The van der Waals surface area contributed by atoms with Gasteiger partial charge in [0.05, 0.1) is 18.9 Å². The van der Waals surface area contributed by atoms with Crippen LogP contribution in [-0.2, 0) is 0 Å². The summed E-state index contributed by atoms with van der Waals surface area (Å²) in [5, 5.41) is 18.7. The number of anilines is 1. The van der Waals surface area contributed by atoms with Crippen LogP contribution in [0.5, 0.6) is 11.5 Å². The second kappa shape index (κ2) is 4.79. The van der Waals surface area contributed by atoms with E-state index in [4.69, 9.17) is 4.74 Å². The molecule has 6 nitrogen and oxygen atoms in total. The highest BCUT2D eigenvalue weighted by atomic mass is 16.5. The molecule has 0 fully saturated rings. The van der Waals surface area contributed by atoms with Gasteiger partial charge in [0.1, 0.15) is 17.3 Å². The summed E-state index contributed by atoms with van der Waals surface area (Å²) in [5.41, 5.74) is 0.953. The number of aromatic nitrogens is 2. The summed E-state index contributed by atoms with van der Waals surface area (Å²) in [6.45, 7) is 1.81. The average molecular weight is 247 g/mol. The Morgan fingerprint density at radius 1 is 1.50 bits per heavy atom. The molecule has 1 aromatic heterocycles. The first kappa shape index (κ1) is 12.0. The van der Waals surface area contributed by atoms with Crippen molar-refractivity contribution in [1.82, 2.24) is 10.2 Å². The van der Waals surface area contributed by atoms with Gasteiger partial charge in [0, 0.05) is 5.56 Å². The molecule has 6 heteroatoms. The van der Waals surface area contributed by atoms with Gasteiger partial charge in [-0.15, -0.1) is 0 Å². The first-order valence-electron chi connectivity index (χ1n) is 5.30. The van der Waals surface area contributed by atoms with Crippen molar-refractivity contribution in [2.75, 3.05) is 12.4 Å². The van der Waals surface area contributed by atoms with Crippen LogP contribution in [0.15, 0.2) is 24.4 Å². The molecule has 3 N–H and O–H groups in total. The monoisotopic (exact) mass is 247 g/mol. The van der Waals surface area contributed by atoms with Gasteiger partial charge in [0.15, 0.2) is 0 Å². The topological polar surface area (TPSA) is 87.2 Å². The van der Waals surface area contributed by atoms with E-state index in [9.17, 15) is 9.90 Å². The van der Waals surface area contributed by atoms with Crippen molar-refractivity contribution in [2.24, 2.45) is 0 Å². The van der Waals surface area contributed by atoms with Gasteiger partial charge in [-0.3, -0.25) is 9.89 Å². The van der Waals surface area contributed by atoms with Crippen LogP contribution in [0.4, 0.5) is 5.82 Å². The van der Waals surface area contributed by atoms with Crippen molar-refractivity contribution in [3.63, 3.8) is 0 Å². The molecule has 2 rings (SSSR count). The molecular formula is C12H13N3O3. The summed E-state index contributed by atoms with van der Waals surface area (Å²) in [4.78, 5) is 12.0. The minimum Gasteiger partial charge on any atom is -0.507 e. The lowest BCUT2D eigenvalue weighted by Gasteiger charge is -2.07. The van der Waals surface area contributed by atoms with Crippen molar-refractivity contribution < 1.29 is 14.6 Å². The van der Waals surface area contributed by atoms with Crippen LogP contribution in [0.3, 0.4) is 0 Å². The number of benzene rings is 1. The summed E-state index contributed by atoms with van der Waals surface area (Å²) >= 11 is 0. The average Bonchev–Trinajstić information content (AvgIpc) is 2.75. The number of nitrogens with zero attached hydrogens (tertiary/aromatic N) is 1. The normalized spacial score (nSPS) is 10.1. The van der Waals surface area contributed by atoms with E-state index in [0.717, 1.165) is 5.56 Å². The van der Waals surface area contributed by atoms with Crippen LogP contribution >= 0.6 is 0 Å². The molecule has 0 unspecified atom stereocenters. The zero-order valence-corrected chi connectivity index (χ0v) is 10.0. The minimum absolute atomic E-state index is 0.106. The number of hydrogen-bond donors (Lipinski definition) is 3. The largest absolute Gasteiger partial charge is 0.507 e. The number of phenolic OH excluding ortho intramolecular Hbond substituents is 1. The number of amides is 1. The van der Waals surface area contributed by atoms with Crippen LogP contribution in [-0.4, -0.2) is 28.3 Å².